The molecule has 0 bridgehead atoms. The van der Waals surface area contributed by atoms with Crippen LogP contribution in [0.4, 0.5) is 0 Å². The molecule has 1 aromatic heterocycles. The first kappa shape index (κ1) is 22.2. The molecule has 0 aliphatic carbocycles. The minimum atomic E-state index is -3.70. The number of carbonyl (C=O) groups is 1. The molecule has 0 saturated carbocycles. The molecule has 1 fully saturated rings. The number of sulfonamides is 1. The molecule has 2 aromatic rings. The molecule has 0 atom stereocenters. The molecule has 0 radical (unpaired) electrons. The monoisotopic (exact) mass is 458 g/mol. The van der Waals surface area contributed by atoms with E-state index in [4.69, 9.17) is 20.3 Å². The van der Waals surface area contributed by atoms with Crippen molar-refractivity contribution in [2.24, 2.45) is 5.92 Å². The fraction of sp³-hybridized carbons (Fsp3) is 0.435. The average molecular weight is 459 g/mol. The number of furan rings is 1. The molecule has 1 aromatic carbocycles. The van der Waals surface area contributed by atoms with Gasteiger partial charge in [0.15, 0.2) is 11.5 Å². The molecule has 9 heteroatoms. The van der Waals surface area contributed by atoms with Gasteiger partial charge in [-0.2, -0.15) is 4.31 Å². The summed E-state index contributed by atoms with van der Waals surface area (Å²) in [6.45, 7) is 2.02. The Hall–Kier alpha value is -2.96. The second-order valence-corrected chi connectivity index (χ2v) is 9.75. The summed E-state index contributed by atoms with van der Waals surface area (Å²) in [5, 5.41) is 0. The number of benzene rings is 1. The Morgan fingerprint density at radius 3 is 2.59 bits per heavy atom. The zero-order chi connectivity index (χ0) is 22.6. The molecule has 4 rings (SSSR count). The van der Waals surface area contributed by atoms with Gasteiger partial charge in [0.1, 0.15) is 5.76 Å². The molecule has 32 heavy (non-hydrogen) atoms. The molecule has 1 amide bonds. The lowest BCUT2D eigenvalue weighted by Crippen LogP contribution is -2.44. The maximum Gasteiger partial charge on any atom is 0.243 e. The number of nitrogens with zero attached hydrogens (tertiary/aromatic N) is 2. The quantitative estimate of drug-likeness (QED) is 0.618. The van der Waals surface area contributed by atoms with Gasteiger partial charge >= 0.3 is 0 Å². The van der Waals surface area contributed by atoms with Crippen molar-refractivity contribution in [2.75, 3.05) is 32.8 Å². The second-order valence-electron chi connectivity index (χ2n) is 7.82. The summed E-state index contributed by atoms with van der Waals surface area (Å²) in [6.07, 6.45) is 8.61. The standard InChI is InChI=1S/C23H26N2O6S/c1-2-10-24(17-19-5-3-13-29-19)23(26)18-8-11-25(12-9-18)32(27,28)20-6-7-21-22(16-20)31-15-4-14-30-21/h1,3,5-7,13,16,18H,4,8-12,14-15,17H2. The third-order valence-corrected chi connectivity index (χ3v) is 7.58. The molecule has 8 nitrogen and oxygen atoms in total. The van der Waals surface area contributed by atoms with Crippen molar-refractivity contribution >= 4 is 15.9 Å². The van der Waals surface area contributed by atoms with Crippen LogP contribution in [0.25, 0.3) is 0 Å². The highest BCUT2D eigenvalue weighted by molar-refractivity contribution is 7.89. The van der Waals surface area contributed by atoms with Gasteiger partial charge in [0.25, 0.3) is 0 Å². The molecule has 1 saturated heterocycles. The number of hydrogen-bond acceptors (Lipinski definition) is 6. The van der Waals surface area contributed by atoms with Crippen molar-refractivity contribution in [2.45, 2.75) is 30.7 Å². The topological polar surface area (TPSA) is 89.3 Å². The summed E-state index contributed by atoms with van der Waals surface area (Å²) >= 11 is 0. The largest absolute Gasteiger partial charge is 0.490 e. The highest BCUT2D eigenvalue weighted by Crippen LogP contribution is 2.34. The highest BCUT2D eigenvalue weighted by Gasteiger charge is 2.34. The molecular weight excluding hydrogens is 432 g/mol. The van der Waals surface area contributed by atoms with E-state index >= 15 is 0 Å². The predicted octanol–water partition coefficient (Wildman–Crippen LogP) is 2.50. The van der Waals surface area contributed by atoms with Crippen molar-refractivity contribution in [3.05, 3.63) is 42.4 Å². The van der Waals surface area contributed by atoms with Gasteiger partial charge in [-0.05, 0) is 37.1 Å². The second kappa shape index (κ2) is 9.67. The first-order valence-corrected chi connectivity index (χ1v) is 12.1. The smallest absolute Gasteiger partial charge is 0.243 e. The summed E-state index contributed by atoms with van der Waals surface area (Å²) in [5.41, 5.74) is 0. The van der Waals surface area contributed by atoms with Crippen LogP contribution >= 0.6 is 0 Å². The lowest BCUT2D eigenvalue weighted by Gasteiger charge is -2.33. The Bertz CT molecular complexity index is 1080. The lowest BCUT2D eigenvalue weighted by molar-refractivity contribution is -0.137. The van der Waals surface area contributed by atoms with Crippen molar-refractivity contribution in [3.8, 4) is 23.8 Å². The molecule has 2 aliphatic heterocycles. The number of amides is 1. The first-order chi connectivity index (χ1) is 15.5. The number of piperidine rings is 1. The molecular formula is C23H26N2O6S. The number of fused-ring (bicyclic) bond motifs is 1. The molecule has 2 aliphatic rings. The van der Waals surface area contributed by atoms with E-state index in [2.05, 4.69) is 5.92 Å². The Morgan fingerprint density at radius 2 is 1.91 bits per heavy atom. The number of terminal acetylenes is 1. The summed E-state index contributed by atoms with van der Waals surface area (Å²) in [4.78, 5) is 14.8. The normalized spacial score (nSPS) is 17.3. The lowest BCUT2D eigenvalue weighted by atomic mass is 9.96. The molecule has 0 unspecified atom stereocenters. The SMILES string of the molecule is C#CCN(Cc1ccco1)C(=O)C1CCN(S(=O)(=O)c2ccc3c(c2)OCCCO3)CC1. The van der Waals surface area contributed by atoms with E-state index in [0.29, 0.717) is 49.9 Å². The van der Waals surface area contributed by atoms with Gasteiger partial charge < -0.3 is 18.8 Å². The summed E-state index contributed by atoms with van der Waals surface area (Å²) < 4.78 is 44.3. The first-order valence-electron chi connectivity index (χ1n) is 10.6. The minimum Gasteiger partial charge on any atom is -0.490 e. The van der Waals surface area contributed by atoms with Gasteiger partial charge in [-0.25, -0.2) is 8.42 Å². The Balaban J connectivity index is 1.41. The van der Waals surface area contributed by atoms with Crippen LogP contribution in [0.2, 0.25) is 0 Å². The number of ether oxygens (including phenoxy) is 2. The van der Waals surface area contributed by atoms with E-state index in [-0.39, 0.29) is 36.4 Å². The van der Waals surface area contributed by atoms with Gasteiger partial charge in [-0.1, -0.05) is 5.92 Å². The van der Waals surface area contributed by atoms with Crippen LogP contribution in [-0.4, -0.2) is 56.4 Å². The fourth-order valence-corrected chi connectivity index (χ4v) is 5.45. The fourth-order valence-electron chi connectivity index (χ4n) is 3.97. The Kier molecular flexibility index (Phi) is 6.72. The van der Waals surface area contributed by atoms with Gasteiger partial charge in [0.2, 0.25) is 15.9 Å². The molecule has 170 valence electrons. The van der Waals surface area contributed by atoms with E-state index in [1.807, 2.05) is 0 Å². The summed E-state index contributed by atoms with van der Waals surface area (Å²) in [7, 11) is -3.70. The average Bonchev–Trinajstić information content (AvgIpc) is 3.20. The zero-order valence-electron chi connectivity index (χ0n) is 17.7. The van der Waals surface area contributed by atoms with Crippen LogP contribution < -0.4 is 9.47 Å². The van der Waals surface area contributed by atoms with Crippen LogP contribution in [0, 0.1) is 18.3 Å². The highest BCUT2D eigenvalue weighted by atomic mass is 32.2. The van der Waals surface area contributed by atoms with E-state index in [1.165, 1.54) is 16.4 Å². The van der Waals surface area contributed by atoms with E-state index < -0.39 is 10.0 Å². The van der Waals surface area contributed by atoms with E-state index in [9.17, 15) is 13.2 Å². The molecule has 0 spiro atoms. The maximum absolute atomic E-state index is 13.2. The van der Waals surface area contributed by atoms with Crippen molar-refractivity contribution < 1.29 is 27.1 Å². The van der Waals surface area contributed by atoms with Crippen LogP contribution in [0.5, 0.6) is 11.5 Å². The van der Waals surface area contributed by atoms with E-state index in [0.717, 1.165) is 6.42 Å². The summed E-state index contributed by atoms with van der Waals surface area (Å²) in [5.74, 6) is 3.81. The van der Waals surface area contributed by atoms with Crippen LogP contribution in [0.1, 0.15) is 25.0 Å². The Morgan fingerprint density at radius 1 is 1.16 bits per heavy atom. The van der Waals surface area contributed by atoms with Crippen LogP contribution in [0.3, 0.4) is 0 Å². The Labute approximate surface area is 188 Å². The van der Waals surface area contributed by atoms with Gasteiger partial charge in [0.05, 0.1) is 37.5 Å². The number of carbonyl (C=O) groups excluding carboxylic acids is 1. The van der Waals surface area contributed by atoms with E-state index in [1.54, 1.807) is 29.4 Å². The molecule has 0 N–H and O–H groups in total. The van der Waals surface area contributed by atoms with Crippen molar-refractivity contribution in [1.82, 2.24) is 9.21 Å². The third kappa shape index (κ3) is 4.76. The van der Waals surface area contributed by atoms with Gasteiger partial charge in [-0.3, -0.25) is 4.79 Å². The van der Waals surface area contributed by atoms with Crippen LogP contribution in [-0.2, 0) is 21.4 Å². The van der Waals surface area contributed by atoms with Gasteiger partial charge in [-0.15, -0.1) is 6.42 Å². The van der Waals surface area contributed by atoms with Gasteiger partial charge in [0, 0.05) is 31.5 Å². The number of hydrogen-bond donors (Lipinski definition) is 0. The van der Waals surface area contributed by atoms with Crippen LogP contribution in [0.15, 0.2) is 45.9 Å². The minimum absolute atomic E-state index is 0.0769. The summed E-state index contributed by atoms with van der Waals surface area (Å²) in [6, 6.07) is 8.25. The maximum atomic E-state index is 13.2. The zero-order valence-corrected chi connectivity index (χ0v) is 18.6. The number of rotatable bonds is 6. The van der Waals surface area contributed by atoms with Crippen molar-refractivity contribution in [1.29, 1.82) is 0 Å². The predicted molar refractivity (Wildman–Crippen MR) is 116 cm³/mol. The molecule has 3 heterocycles. The third-order valence-electron chi connectivity index (χ3n) is 5.68. The van der Waals surface area contributed by atoms with Crippen molar-refractivity contribution in [3.63, 3.8) is 0 Å².